The van der Waals surface area contributed by atoms with E-state index >= 15 is 0 Å². The molecule has 1 aromatic carbocycles. The quantitative estimate of drug-likeness (QED) is 0.529. The van der Waals surface area contributed by atoms with Gasteiger partial charge in [-0.1, -0.05) is 0 Å². The molecule has 0 bridgehead atoms. The van der Waals surface area contributed by atoms with Crippen LogP contribution in [-0.4, -0.2) is 21.5 Å². The third-order valence-electron chi connectivity index (χ3n) is 2.96. The first-order valence-corrected chi connectivity index (χ1v) is 6.91. The van der Waals surface area contributed by atoms with Crippen LogP contribution in [-0.2, 0) is 4.74 Å². The minimum absolute atomic E-state index is 0.0318. The van der Waals surface area contributed by atoms with Crippen molar-refractivity contribution in [2.45, 2.75) is 26.4 Å². The summed E-state index contributed by atoms with van der Waals surface area (Å²) < 4.78 is 5.31. The number of pyridine rings is 1. The number of rotatable bonds is 3. The molecular formula is C16H17N3O4. The normalized spacial score (nSPS) is 11.1. The molecule has 0 spiro atoms. The number of aromatic nitrogens is 1. The van der Waals surface area contributed by atoms with Crippen LogP contribution < -0.4 is 5.73 Å². The molecule has 2 N–H and O–H groups in total. The van der Waals surface area contributed by atoms with Gasteiger partial charge in [0.2, 0.25) is 0 Å². The highest BCUT2D eigenvalue weighted by molar-refractivity contribution is 5.98. The highest BCUT2D eigenvalue weighted by Crippen LogP contribution is 2.28. The van der Waals surface area contributed by atoms with Gasteiger partial charge >= 0.3 is 5.97 Å². The van der Waals surface area contributed by atoms with Gasteiger partial charge in [-0.2, -0.15) is 0 Å². The lowest BCUT2D eigenvalue weighted by Crippen LogP contribution is -2.24. The van der Waals surface area contributed by atoms with Crippen molar-refractivity contribution in [1.82, 2.24) is 4.98 Å². The van der Waals surface area contributed by atoms with Crippen LogP contribution in [0.3, 0.4) is 0 Å². The average Bonchev–Trinajstić information content (AvgIpc) is 2.45. The van der Waals surface area contributed by atoms with E-state index in [9.17, 15) is 14.9 Å². The molecule has 0 saturated carbocycles. The lowest BCUT2D eigenvalue weighted by molar-refractivity contribution is -0.384. The van der Waals surface area contributed by atoms with Gasteiger partial charge in [-0.25, -0.2) is 4.79 Å². The van der Waals surface area contributed by atoms with Gasteiger partial charge in [0.05, 0.1) is 21.9 Å². The van der Waals surface area contributed by atoms with Crippen molar-refractivity contribution < 1.29 is 14.5 Å². The first-order chi connectivity index (χ1) is 10.7. The second-order valence-electron chi connectivity index (χ2n) is 5.93. The van der Waals surface area contributed by atoms with Crippen molar-refractivity contribution in [3.63, 3.8) is 0 Å². The van der Waals surface area contributed by atoms with Crippen molar-refractivity contribution in [1.29, 1.82) is 0 Å². The van der Waals surface area contributed by atoms with Crippen LogP contribution in [0.15, 0.2) is 36.5 Å². The minimum atomic E-state index is -0.639. The Kier molecular flexibility index (Phi) is 4.31. The molecule has 1 heterocycles. The van der Waals surface area contributed by atoms with Gasteiger partial charge in [0, 0.05) is 23.9 Å². The molecule has 0 radical (unpaired) electrons. The number of nitrogens with zero attached hydrogens (tertiary/aromatic N) is 2. The van der Waals surface area contributed by atoms with Gasteiger partial charge in [-0.3, -0.25) is 15.1 Å². The second kappa shape index (κ2) is 6.04. The molecule has 0 unspecified atom stereocenters. The Morgan fingerprint density at radius 3 is 2.35 bits per heavy atom. The van der Waals surface area contributed by atoms with E-state index in [0.717, 1.165) is 0 Å². The third kappa shape index (κ3) is 3.82. The molecule has 0 atom stereocenters. The molecule has 0 amide bonds. The number of ether oxygens (including phenoxy) is 1. The smallest absolute Gasteiger partial charge is 0.340 e. The van der Waals surface area contributed by atoms with Crippen LogP contribution in [0.5, 0.6) is 0 Å². The second-order valence-corrected chi connectivity index (χ2v) is 5.93. The summed E-state index contributed by atoms with van der Waals surface area (Å²) in [6.07, 6.45) is 1.45. The number of hydrogen-bond donors (Lipinski definition) is 1. The summed E-state index contributed by atoms with van der Waals surface area (Å²) in [6.45, 7) is 5.29. The predicted octanol–water partition coefficient (Wildman–Crippen LogP) is 3.19. The molecule has 23 heavy (non-hydrogen) atoms. The van der Waals surface area contributed by atoms with Gasteiger partial charge in [-0.15, -0.1) is 0 Å². The number of nitro benzene ring substituents is 1. The third-order valence-corrected chi connectivity index (χ3v) is 2.96. The number of esters is 1. The predicted molar refractivity (Wildman–Crippen MR) is 85.9 cm³/mol. The number of anilines is 1. The zero-order valence-electron chi connectivity index (χ0n) is 13.1. The first kappa shape index (κ1) is 16.4. The molecular weight excluding hydrogens is 298 g/mol. The molecule has 0 fully saturated rings. The van der Waals surface area contributed by atoms with Gasteiger partial charge in [0.25, 0.3) is 5.69 Å². The number of nitro groups is 1. The molecule has 0 aliphatic carbocycles. The van der Waals surface area contributed by atoms with Crippen LogP contribution in [0.1, 0.15) is 31.1 Å². The van der Waals surface area contributed by atoms with Crippen molar-refractivity contribution >= 4 is 17.3 Å². The molecule has 0 aliphatic rings. The number of benzene rings is 1. The van der Waals surface area contributed by atoms with Gasteiger partial charge in [0.15, 0.2) is 0 Å². The van der Waals surface area contributed by atoms with E-state index in [0.29, 0.717) is 11.3 Å². The fourth-order valence-electron chi connectivity index (χ4n) is 1.96. The van der Waals surface area contributed by atoms with Crippen molar-refractivity contribution in [3.8, 4) is 11.3 Å². The summed E-state index contributed by atoms with van der Waals surface area (Å²) in [5, 5.41) is 10.7. The van der Waals surface area contributed by atoms with E-state index in [-0.39, 0.29) is 16.9 Å². The number of carbonyl (C=O) groups excluding carboxylic acids is 1. The number of nitrogens with two attached hydrogens (primary N) is 1. The van der Waals surface area contributed by atoms with Crippen LogP contribution in [0.25, 0.3) is 11.3 Å². The lowest BCUT2D eigenvalue weighted by Gasteiger charge is -2.20. The number of carbonyl (C=O) groups is 1. The maximum atomic E-state index is 12.2. The minimum Gasteiger partial charge on any atom is -0.456 e. The summed E-state index contributed by atoms with van der Waals surface area (Å²) in [4.78, 5) is 26.6. The Morgan fingerprint density at radius 1 is 1.22 bits per heavy atom. The molecule has 2 aromatic rings. The average molecular weight is 315 g/mol. The highest BCUT2D eigenvalue weighted by atomic mass is 16.6. The summed E-state index contributed by atoms with van der Waals surface area (Å²) in [7, 11) is 0. The molecule has 0 aliphatic heterocycles. The fourth-order valence-corrected chi connectivity index (χ4v) is 1.96. The number of nitrogen functional groups attached to an aromatic ring is 1. The van der Waals surface area contributed by atoms with E-state index in [2.05, 4.69) is 4.98 Å². The summed E-state index contributed by atoms with van der Waals surface area (Å²) in [5.74, 6) is -0.541. The molecule has 7 nitrogen and oxygen atoms in total. The van der Waals surface area contributed by atoms with Crippen LogP contribution in [0.2, 0.25) is 0 Å². The maximum Gasteiger partial charge on any atom is 0.340 e. The largest absolute Gasteiger partial charge is 0.456 e. The maximum absolute atomic E-state index is 12.2. The molecule has 120 valence electrons. The first-order valence-electron chi connectivity index (χ1n) is 6.91. The molecule has 2 rings (SSSR count). The Hall–Kier alpha value is -2.96. The van der Waals surface area contributed by atoms with Crippen molar-refractivity contribution in [2.75, 3.05) is 5.73 Å². The van der Waals surface area contributed by atoms with E-state index < -0.39 is 16.5 Å². The zero-order chi connectivity index (χ0) is 17.2. The molecule has 1 aromatic heterocycles. The molecule has 0 saturated heterocycles. The monoisotopic (exact) mass is 315 g/mol. The number of non-ortho nitro benzene ring substituents is 1. The van der Waals surface area contributed by atoms with Crippen LogP contribution in [0.4, 0.5) is 11.4 Å². The topological polar surface area (TPSA) is 108 Å². The lowest BCUT2D eigenvalue weighted by atomic mass is 10.1. The Labute approximate surface area is 133 Å². The fraction of sp³-hybridized carbons (Fsp3) is 0.250. The highest BCUT2D eigenvalue weighted by Gasteiger charge is 2.21. The Balaban J connectivity index is 2.40. The van der Waals surface area contributed by atoms with Crippen molar-refractivity contribution in [2.24, 2.45) is 0 Å². The van der Waals surface area contributed by atoms with E-state index in [1.54, 1.807) is 20.8 Å². The van der Waals surface area contributed by atoms with E-state index in [1.165, 1.54) is 36.5 Å². The Bertz CT molecular complexity index is 749. The summed E-state index contributed by atoms with van der Waals surface area (Å²) >= 11 is 0. The van der Waals surface area contributed by atoms with E-state index in [1.807, 2.05) is 0 Å². The SMILES string of the molecule is CC(C)(C)OC(=O)c1ccnc(-c2ccc([N+](=O)[O-])cc2)c1N. The standard InChI is InChI=1S/C16H17N3O4/c1-16(2,3)23-15(20)12-8-9-18-14(13(12)17)10-4-6-11(7-5-10)19(21)22/h4-9H,17H2,1-3H3. The van der Waals surface area contributed by atoms with Crippen LogP contribution in [0, 0.1) is 10.1 Å². The summed E-state index contributed by atoms with van der Waals surface area (Å²) in [6, 6.07) is 7.27. The van der Waals surface area contributed by atoms with Crippen LogP contribution >= 0.6 is 0 Å². The Morgan fingerprint density at radius 2 is 1.83 bits per heavy atom. The number of hydrogen-bond acceptors (Lipinski definition) is 6. The van der Waals surface area contributed by atoms with Gasteiger partial charge in [0.1, 0.15) is 5.60 Å². The van der Waals surface area contributed by atoms with Gasteiger partial charge in [-0.05, 0) is 39.0 Å². The molecule has 7 heteroatoms. The van der Waals surface area contributed by atoms with E-state index in [4.69, 9.17) is 10.5 Å². The van der Waals surface area contributed by atoms with Gasteiger partial charge < -0.3 is 10.5 Å². The summed E-state index contributed by atoms with van der Waals surface area (Å²) in [5.41, 5.74) is 6.71. The van der Waals surface area contributed by atoms with Crippen molar-refractivity contribution in [3.05, 3.63) is 52.2 Å². The zero-order valence-corrected chi connectivity index (χ0v) is 13.1.